The first kappa shape index (κ1) is 31.2. The van der Waals surface area contributed by atoms with Gasteiger partial charge in [0.2, 0.25) is 0 Å². The summed E-state index contributed by atoms with van der Waals surface area (Å²) in [6, 6.07) is 22.6. The molecule has 5 rings (SSSR count). The largest absolute Gasteiger partial charge is 0.489 e. The third-order valence-corrected chi connectivity index (χ3v) is 7.73. The molecule has 10 heteroatoms. The minimum absolute atomic E-state index is 0.229. The summed E-state index contributed by atoms with van der Waals surface area (Å²) in [6.45, 7) is 8.79. The Kier molecular flexibility index (Phi) is 10.0. The molecule has 2 N–H and O–H groups in total. The second-order valence-electron chi connectivity index (χ2n) is 10.9. The van der Waals surface area contributed by atoms with Gasteiger partial charge in [0.1, 0.15) is 29.8 Å². The van der Waals surface area contributed by atoms with Gasteiger partial charge in [0.05, 0.1) is 18.1 Å². The summed E-state index contributed by atoms with van der Waals surface area (Å²) in [5.74, 6) is 1.07. The van der Waals surface area contributed by atoms with Crippen molar-refractivity contribution in [1.29, 1.82) is 0 Å². The van der Waals surface area contributed by atoms with Crippen LogP contribution in [0.15, 0.2) is 102 Å². The van der Waals surface area contributed by atoms with E-state index in [4.69, 9.17) is 9.47 Å². The molecule has 45 heavy (non-hydrogen) atoms. The molecule has 1 atom stereocenters. The average Bonchev–Trinajstić information content (AvgIpc) is 3.36. The quantitative estimate of drug-likeness (QED) is 0.154. The number of unbranched alkanes of at least 4 members (excludes halogenated alkanes) is 1. The molecule has 4 aromatic rings. The number of benzene rings is 2. The molecular weight excluding hydrogens is 568 g/mol. The number of hydrogen-bond donors (Lipinski definition) is 2. The monoisotopic (exact) mass is 606 g/mol. The number of amides is 1. The number of dihydropyridines is 1. The molecule has 1 amide bonds. The zero-order valence-electron chi connectivity index (χ0n) is 26.0. The molecule has 1 unspecified atom stereocenters. The number of rotatable bonds is 12. The molecule has 232 valence electrons. The number of nitrogens with zero attached hydrogens (tertiary/aromatic N) is 4. The number of allylic oxidation sites excluding steroid dienone is 2. The van der Waals surface area contributed by atoms with Crippen LogP contribution in [0, 0.1) is 13.8 Å². The van der Waals surface area contributed by atoms with Crippen molar-refractivity contribution in [3.05, 3.63) is 124 Å². The molecule has 2 aromatic heterocycles. The lowest BCUT2D eigenvalue weighted by Gasteiger charge is -2.31. The summed E-state index contributed by atoms with van der Waals surface area (Å²) in [5, 5.41) is 14.4. The van der Waals surface area contributed by atoms with E-state index < -0.39 is 11.9 Å². The Bertz CT molecular complexity index is 1690. The summed E-state index contributed by atoms with van der Waals surface area (Å²) in [4.78, 5) is 32.0. The van der Waals surface area contributed by atoms with Crippen LogP contribution in [-0.2, 0) is 27.5 Å². The van der Waals surface area contributed by atoms with Crippen LogP contribution in [0.3, 0.4) is 0 Å². The number of carbonyl (C=O) groups excluding carboxylic acids is 2. The normalized spacial score (nSPS) is 14.6. The van der Waals surface area contributed by atoms with Crippen molar-refractivity contribution < 1.29 is 19.1 Å². The fourth-order valence-corrected chi connectivity index (χ4v) is 5.51. The number of carbonyl (C=O) groups is 2. The number of hydrogen-bond acceptors (Lipinski definition) is 8. The average molecular weight is 607 g/mol. The van der Waals surface area contributed by atoms with Gasteiger partial charge >= 0.3 is 5.97 Å². The molecule has 0 saturated carbocycles. The molecule has 0 saturated heterocycles. The lowest BCUT2D eigenvalue weighted by molar-refractivity contribution is -0.139. The maximum atomic E-state index is 13.9. The number of anilines is 1. The summed E-state index contributed by atoms with van der Waals surface area (Å²) >= 11 is 0. The van der Waals surface area contributed by atoms with Gasteiger partial charge in [-0.1, -0.05) is 54.6 Å². The van der Waals surface area contributed by atoms with Crippen LogP contribution in [0.1, 0.15) is 55.4 Å². The van der Waals surface area contributed by atoms with Crippen molar-refractivity contribution in [3.63, 3.8) is 0 Å². The van der Waals surface area contributed by atoms with Gasteiger partial charge in [-0.15, -0.1) is 10.2 Å². The first-order valence-electron chi connectivity index (χ1n) is 15.0. The van der Waals surface area contributed by atoms with Gasteiger partial charge in [0.25, 0.3) is 5.91 Å². The van der Waals surface area contributed by atoms with E-state index in [1.807, 2.05) is 86.9 Å². The lowest BCUT2D eigenvalue weighted by Crippen LogP contribution is -2.34. The first-order chi connectivity index (χ1) is 21.8. The highest BCUT2D eigenvalue weighted by atomic mass is 16.5. The highest BCUT2D eigenvalue weighted by molar-refractivity contribution is 6.08. The Hall–Kier alpha value is -5.25. The van der Waals surface area contributed by atoms with Crippen molar-refractivity contribution in [1.82, 2.24) is 25.1 Å². The molecule has 0 aliphatic carbocycles. The van der Waals surface area contributed by atoms with E-state index in [1.165, 1.54) is 0 Å². The molecule has 0 bridgehead atoms. The van der Waals surface area contributed by atoms with E-state index in [0.29, 0.717) is 52.7 Å². The number of ether oxygens (including phenoxy) is 2. The molecule has 3 heterocycles. The number of para-hydroxylation sites is 1. The number of nitrogens with one attached hydrogen (secondary N) is 2. The predicted molar refractivity (Wildman–Crippen MR) is 171 cm³/mol. The molecule has 0 radical (unpaired) electrons. The van der Waals surface area contributed by atoms with Crippen molar-refractivity contribution in [2.45, 2.75) is 59.6 Å². The molecule has 1 aliphatic heterocycles. The fraction of sp³-hybridized carbons (Fsp3) is 0.286. The smallest absolute Gasteiger partial charge is 0.336 e. The molecule has 2 aromatic carbocycles. The number of aromatic nitrogens is 4. The van der Waals surface area contributed by atoms with Crippen LogP contribution in [0.2, 0.25) is 0 Å². The lowest BCUT2D eigenvalue weighted by atomic mass is 9.79. The van der Waals surface area contributed by atoms with Gasteiger partial charge in [-0.25, -0.2) is 9.78 Å². The van der Waals surface area contributed by atoms with E-state index >= 15 is 0 Å². The number of aryl methyl sites for hydroxylation is 2. The Morgan fingerprint density at radius 1 is 0.844 bits per heavy atom. The molecule has 0 fully saturated rings. The summed E-state index contributed by atoms with van der Waals surface area (Å²) in [6.07, 6.45) is 3.06. The van der Waals surface area contributed by atoms with E-state index in [1.54, 1.807) is 24.4 Å². The minimum Gasteiger partial charge on any atom is -0.489 e. The van der Waals surface area contributed by atoms with Crippen molar-refractivity contribution in [2.75, 3.05) is 11.9 Å². The van der Waals surface area contributed by atoms with Crippen LogP contribution in [0.4, 0.5) is 5.82 Å². The molecule has 0 spiro atoms. The summed E-state index contributed by atoms with van der Waals surface area (Å²) in [7, 11) is 0. The van der Waals surface area contributed by atoms with Crippen LogP contribution < -0.4 is 15.4 Å². The van der Waals surface area contributed by atoms with Gasteiger partial charge in [-0.2, -0.15) is 0 Å². The van der Waals surface area contributed by atoms with Gasteiger partial charge in [0.15, 0.2) is 0 Å². The Morgan fingerprint density at radius 2 is 1.53 bits per heavy atom. The van der Waals surface area contributed by atoms with Crippen molar-refractivity contribution in [2.24, 2.45) is 0 Å². The second-order valence-corrected chi connectivity index (χ2v) is 10.9. The number of esters is 1. The molecular formula is C35H38N6O4. The highest BCUT2D eigenvalue weighted by Gasteiger charge is 2.38. The van der Waals surface area contributed by atoms with Gasteiger partial charge in [0, 0.05) is 35.3 Å². The van der Waals surface area contributed by atoms with Crippen LogP contribution in [0.5, 0.6) is 5.75 Å². The van der Waals surface area contributed by atoms with Gasteiger partial charge in [-0.05, 0) is 64.3 Å². The Balaban J connectivity index is 1.42. The fourth-order valence-electron chi connectivity index (χ4n) is 5.51. The van der Waals surface area contributed by atoms with E-state index in [2.05, 4.69) is 25.8 Å². The van der Waals surface area contributed by atoms with Crippen LogP contribution in [0.25, 0.3) is 0 Å². The topological polar surface area (TPSA) is 120 Å². The van der Waals surface area contributed by atoms with Crippen LogP contribution >= 0.6 is 0 Å². The molecule has 1 aliphatic rings. The summed E-state index contributed by atoms with van der Waals surface area (Å²) < 4.78 is 14.2. The van der Waals surface area contributed by atoms with Crippen molar-refractivity contribution >= 4 is 17.7 Å². The van der Waals surface area contributed by atoms with Gasteiger partial charge < -0.3 is 24.7 Å². The van der Waals surface area contributed by atoms with Crippen LogP contribution in [-0.4, -0.2) is 38.2 Å². The SMILES string of the molecule is CC1=C(C(=O)Nc2ccccn2)C(c2ccccc2OCc2ccccc2)C(C(=O)OCCCCn2c(C)nnc2C)=C(C)N1. The maximum absolute atomic E-state index is 13.9. The van der Waals surface area contributed by atoms with E-state index in [0.717, 1.165) is 30.2 Å². The standard InChI is InChI=1S/C35H38N6O4/c1-23-31(34(42)38-30-18-10-11-19-36-30)33(28-16-8-9-17-29(28)45-22-27-14-6-5-7-15-27)32(24(2)37-23)35(43)44-21-13-12-20-41-25(3)39-40-26(41)4/h5-11,14-19,33,37H,12-13,20-22H2,1-4H3,(H,36,38,42). The zero-order chi connectivity index (χ0) is 31.8. The van der Waals surface area contributed by atoms with Gasteiger partial charge in [-0.3, -0.25) is 4.79 Å². The maximum Gasteiger partial charge on any atom is 0.336 e. The third-order valence-electron chi connectivity index (χ3n) is 7.73. The number of pyridine rings is 1. The highest BCUT2D eigenvalue weighted by Crippen LogP contribution is 2.43. The zero-order valence-corrected chi connectivity index (χ0v) is 26.0. The third kappa shape index (κ3) is 7.46. The second kappa shape index (κ2) is 14.5. The Labute approximate surface area is 263 Å². The first-order valence-corrected chi connectivity index (χ1v) is 15.0. The predicted octanol–water partition coefficient (Wildman–Crippen LogP) is 5.77. The van der Waals surface area contributed by atoms with E-state index in [9.17, 15) is 9.59 Å². The van der Waals surface area contributed by atoms with E-state index in [-0.39, 0.29) is 12.5 Å². The Morgan fingerprint density at radius 3 is 2.27 bits per heavy atom. The summed E-state index contributed by atoms with van der Waals surface area (Å²) in [5.41, 5.74) is 3.66. The molecule has 10 nitrogen and oxygen atoms in total. The van der Waals surface area contributed by atoms with Crippen molar-refractivity contribution in [3.8, 4) is 5.75 Å². The minimum atomic E-state index is -0.753.